The molecule has 1 amide bonds. The van der Waals surface area contributed by atoms with Gasteiger partial charge in [-0.05, 0) is 86.6 Å². The van der Waals surface area contributed by atoms with Crippen LogP contribution in [0.3, 0.4) is 0 Å². The van der Waals surface area contributed by atoms with Crippen LogP contribution in [0.5, 0.6) is 0 Å². The molecule has 27 heavy (non-hydrogen) atoms. The molecule has 0 radical (unpaired) electrons. The molecule has 3 heteroatoms. The number of nitrogens with one attached hydrogen (secondary N) is 1. The Morgan fingerprint density at radius 3 is 2.56 bits per heavy atom. The normalized spacial score (nSPS) is 48.3. The van der Waals surface area contributed by atoms with Gasteiger partial charge in [0.25, 0.3) is 0 Å². The Hall–Kier alpha value is -1.09. The monoisotopic (exact) mass is 368 g/mol. The van der Waals surface area contributed by atoms with E-state index >= 15 is 0 Å². The summed E-state index contributed by atoms with van der Waals surface area (Å²) in [6.45, 7) is 6.95. The van der Waals surface area contributed by atoms with E-state index in [1.54, 1.807) is 0 Å². The minimum atomic E-state index is -0.0930. The van der Waals surface area contributed by atoms with E-state index in [0.29, 0.717) is 29.2 Å². The molecule has 5 aliphatic carbocycles. The first-order valence-electron chi connectivity index (χ1n) is 11.2. The number of nitrogens with zero attached hydrogens (tertiary/aromatic N) is 1. The van der Waals surface area contributed by atoms with E-state index < -0.39 is 0 Å². The predicted octanol–water partition coefficient (Wildman–Crippen LogP) is 4.16. The molecule has 4 bridgehead atoms. The molecule has 5 fully saturated rings. The van der Waals surface area contributed by atoms with Gasteiger partial charge in [-0.25, -0.2) is 0 Å². The van der Waals surface area contributed by atoms with E-state index in [-0.39, 0.29) is 10.8 Å². The molecule has 1 heterocycles. The van der Waals surface area contributed by atoms with Crippen LogP contribution in [0.25, 0.3) is 0 Å². The van der Waals surface area contributed by atoms with Crippen molar-refractivity contribution in [2.24, 2.45) is 34.0 Å². The highest BCUT2D eigenvalue weighted by Crippen LogP contribution is 2.78. The van der Waals surface area contributed by atoms with Crippen LogP contribution in [0.2, 0.25) is 0 Å². The first-order valence-corrected chi connectivity index (χ1v) is 11.2. The van der Waals surface area contributed by atoms with Crippen LogP contribution < -0.4 is 5.32 Å². The zero-order valence-corrected chi connectivity index (χ0v) is 17.3. The van der Waals surface area contributed by atoms with Crippen molar-refractivity contribution in [3.8, 4) is 0 Å². The van der Waals surface area contributed by atoms with Crippen LogP contribution in [0.4, 0.5) is 0 Å². The van der Waals surface area contributed by atoms with Gasteiger partial charge in [-0.3, -0.25) is 4.79 Å². The average Bonchev–Trinajstić information content (AvgIpc) is 2.98. The molecule has 1 N–H and O–H groups in total. The minimum Gasteiger partial charge on any atom is -0.342 e. The fraction of sp³-hybridized carbons (Fsp3) is 0.792. The number of amides is 1. The number of carbonyl (C=O) groups excluding carboxylic acids is 1. The second-order valence-electron chi connectivity index (χ2n) is 10.9. The van der Waals surface area contributed by atoms with Crippen molar-refractivity contribution >= 4 is 5.91 Å². The standard InChI is InChI=1S/C24H36N2O/c1-17-6-4-5-7-20(17)23-13-18-12-22(2,15-23)24(14-18,16-23)21(27)26(3)19-8-10-25-11-9-19/h4-7,17-20,25H,8-16H2,1-3H3/t17?,18?,20?,22-,23-,24?/m1/s1. The lowest BCUT2D eigenvalue weighted by molar-refractivity contribution is -0.149. The Bertz CT molecular complexity index is 692. The molecule has 1 aliphatic heterocycles. The molecule has 0 spiro atoms. The van der Waals surface area contributed by atoms with Crippen molar-refractivity contribution in [2.75, 3.05) is 20.1 Å². The molecular weight excluding hydrogens is 332 g/mol. The summed E-state index contributed by atoms with van der Waals surface area (Å²) in [6.07, 6.45) is 17.7. The van der Waals surface area contributed by atoms with E-state index in [0.717, 1.165) is 44.7 Å². The maximum Gasteiger partial charge on any atom is 0.229 e. The first-order chi connectivity index (χ1) is 12.9. The number of hydrogen-bond acceptors (Lipinski definition) is 2. The molecule has 1 saturated heterocycles. The van der Waals surface area contributed by atoms with Gasteiger partial charge in [0.05, 0.1) is 5.41 Å². The van der Waals surface area contributed by atoms with E-state index in [4.69, 9.17) is 0 Å². The zero-order valence-electron chi connectivity index (χ0n) is 17.3. The summed E-state index contributed by atoms with van der Waals surface area (Å²) in [7, 11) is 2.11. The molecule has 4 saturated carbocycles. The van der Waals surface area contributed by atoms with Crippen molar-refractivity contribution < 1.29 is 4.79 Å². The third-order valence-corrected chi connectivity index (χ3v) is 9.33. The molecule has 0 aromatic carbocycles. The van der Waals surface area contributed by atoms with Crippen LogP contribution in [0.15, 0.2) is 24.3 Å². The van der Waals surface area contributed by atoms with Crippen molar-refractivity contribution in [1.82, 2.24) is 10.2 Å². The van der Waals surface area contributed by atoms with Gasteiger partial charge in [-0.15, -0.1) is 0 Å². The van der Waals surface area contributed by atoms with Crippen molar-refractivity contribution in [2.45, 2.75) is 64.8 Å². The van der Waals surface area contributed by atoms with Gasteiger partial charge in [0.2, 0.25) is 5.91 Å². The molecule has 6 aliphatic rings. The third kappa shape index (κ3) is 2.39. The average molecular weight is 369 g/mol. The molecule has 148 valence electrons. The second-order valence-corrected chi connectivity index (χ2v) is 10.9. The topological polar surface area (TPSA) is 32.3 Å². The zero-order chi connectivity index (χ0) is 18.9. The van der Waals surface area contributed by atoms with Crippen molar-refractivity contribution in [3.63, 3.8) is 0 Å². The van der Waals surface area contributed by atoms with Crippen molar-refractivity contribution in [1.29, 1.82) is 0 Å². The summed E-state index contributed by atoms with van der Waals surface area (Å²) in [5, 5.41) is 3.45. The molecular formula is C24H36N2O. The highest BCUT2D eigenvalue weighted by Gasteiger charge is 2.74. The summed E-state index contributed by atoms with van der Waals surface area (Å²) in [6, 6.07) is 0.433. The Labute approximate surface area is 164 Å². The lowest BCUT2D eigenvalue weighted by Crippen LogP contribution is -2.52. The van der Waals surface area contributed by atoms with E-state index in [1.165, 1.54) is 19.3 Å². The van der Waals surface area contributed by atoms with Gasteiger partial charge < -0.3 is 10.2 Å². The van der Waals surface area contributed by atoms with E-state index in [9.17, 15) is 4.79 Å². The summed E-state index contributed by atoms with van der Waals surface area (Å²) >= 11 is 0. The Morgan fingerprint density at radius 1 is 1.07 bits per heavy atom. The summed E-state index contributed by atoms with van der Waals surface area (Å²) in [5.74, 6) is 2.46. The maximum atomic E-state index is 14.0. The van der Waals surface area contributed by atoms with Gasteiger partial charge in [-0.1, -0.05) is 38.2 Å². The Kier molecular flexibility index (Phi) is 3.96. The van der Waals surface area contributed by atoms with Gasteiger partial charge in [-0.2, -0.15) is 0 Å². The second kappa shape index (κ2) is 5.95. The van der Waals surface area contributed by atoms with Gasteiger partial charge >= 0.3 is 0 Å². The fourth-order valence-electron chi connectivity index (χ4n) is 8.45. The quantitative estimate of drug-likeness (QED) is 0.811. The highest BCUT2D eigenvalue weighted by molar-refractivity contribution is 5.85. The van der Waals surface area contributed by atoms with Gasteiger partial charge in [0.15, 0.2) is 0 Å². The Morgan fingerprint density at radius 2 is 1.81 bits per heavy atom. The highest BCUT2D eigenvalue weighted by atomic mass is 16.2. The van der Waals surface area contributed by atoms with Crippen LogP contribution in [-0.2, 0) is 4.79 Å². The van der Waals surface area contributed by atoms with Gasteiger partial charge in [0, 0.05) is 13.1 Å². The summed E-state index contributed by atoms with van der Waals surface area (Å²) < 4.78 is 0. The maximum absolute atomic E-state index is 14.0. The van der Waals surface area contributed by atoms with E-state index in [1.807, 2.05) is 0 Å². The molecule has 6 atom stereocenters. The number of piperidine rings is 1. The molecule has 3 nitrogen and oxygen atoms in total. The SMILES string of the molecule is CC1C=CC=CC1[C@@]12CC3CC(C(=O)N(C)C4CCNCC4)(C1)[C@](C)(C3)C2. The van der Waals surface area contributed by atoms with E-state index in [2.05, 4.69) is 55.4 Å². The fourth-order valence-corrected chi connectivity index (χ4v) is 8.45. The molecule has 6 rings (SSSR count). The van der Waals surface area contributed by atoms with Crippen LogP contribution in [0.1, 0.15) is 58.8 Å². The number of rotatable bonds is 3. The van der Waals surface area contributed by atoms with Crippen LogP contribution in [-0.4, -0.2) is 37.0 Å². The molecule has 0 aromatic rings. The lowest BCUT2D eigenvalue weighted by Gasteiger charge is -2.47. The Balaban J connectivity index is 1.47. The third-order valence-electron chi connectivity index (χ3n) is 9.33. The number of allylic oxidation sites excluding steroid dienone is 4. The van der Waals surface area contributed by atoms with Gasteiger partial charge in [0.1, 0.15) is 0 Å². The predicted molar refractivity (Wildman–Crippen MR) is 109 cm³/mol. The molecule has 0 aromatic heterocycles. The first kappa shape index (κ1) is 18.0. The largest absolute Gasteiger partial charge is 0.342 e. The number of carbonyl (C=O) groups is 1. The number of hydrogen-bond donors (Lipinski definition) is 1. The summed E-state index contributed by atoms with van der Waals surface area (Å²) in [4.78, 5) is 16.2. The van der Waals surface area contributed by atoms with Crippen molar-refractivity contribution in [3.05, 3.63) is 24.3 Å². The van der Waals surface area contributed by atoms with Crippen LogP contribution >= 0.6 is 0 Å². The molecule has 4 unspecified atom stereocenters. The lowest BCUT2D eigenvalue weighted by atomic mass is 9.57. The smallest absolute Gasteiger partial charge is 0.229 e. The summed E-state index contributed by atoms with van der Waals surface area (Å²) in [5.41, 5.74) is 0.467. The van der Waals surface area contributed by atoms with Crippen LogP contribution in [0, 0.1) is 34.0 Å². The minimum absolute atomic E-state index is 0.0930.